The van der Waals surface area contributed by atoms with Gasteiger partial charge in [0.05, 0.1) is 12.3 Å². The molecule has 0 N–H and O–H groups in total. The van der Waals surface area contributed by atoms with Crippen molar-refractivity contribution in [1.29, 1.82) is 5.26 Å². The Balaban J connectivity index is 1.91. The molecule has 0 aromatic carbocycles. The van der Waals surface area contributed by atoms with E-state index < -0.39 is 0 Å². The molecule has 0 unspecified atom stereocenters. The fourth-order valence-electron chi connectivity index (χ4n) is 2.96. The number of nitrogens with zero attached hydrogens (tertiary/aromatic N) is 5. The summed E-state index contributed by atoms with van der Waals surface area (Å²) in [6, 6.07) is 6.23. The molecule has 5 heteroatoms. The molecule has 1 aliphatic carbocycles. The number of fused-ring (bicyclic) bond motifs is 1. The van der Waals surface area contributed by atoms with E-state index in [1.807, 2.05) is 24.7 Å². The summed E-state index contributed by atoms with van der Waals surface area (Å²) < 4.78 is 1.87. The minimum Gasteiger partial charge on any atom is -0.363 e. The molecule has 2 aromatic heterocycles. The maximum atomic E-state index is 8.74. The molecular formula is C16H19N5. The van der Waals surface area contributed by atoms with E-state index in [2.05, 4.69) is 22.1 Å². The van der Waals surface area contributed by atoms with Crippen molar-refractivity contribution < 1.29 is 0 Å². The van der Waals surface area contributed by atoms with Crippen molar-refractivity contribution in [2.75, 3.05) is 19.0 Å². The molecule has 2 aromatic rings. The SMILES string of the molecule is CN(C)c1cc(C2CCC(=CC#N)CC2)nc2ccnn12. The van der Waals surface area contributed by atoms with Crippen LogP contribution in [0.3, 0.4) is 0 Å². The second-order valence-corrected chi connectivity index (χ2v) is 5.74. The van der Waals surface area contributed by atoms with E-state index in [0.29, 0.717) is 5.92 Å². The summed E-state index contributed by atoms with van der Waals surface area (Å²) in [5, 5.41) is 13.1. The Kier molecular flexibility index (Phi) is 3.61. The largest absolute Gasteiger partial charge is 0.363 e. The Bertz CT molecular complexity index is 710. The molecule has 0 saturated heterocycles. The fourth-order valence-corrected chi connectivity index (χ4v) is 2.96. The first-order chi connectivity index (χ1) is 10.2. The Morgan fingerprint density at radius 3 is 2.81 bits per heavy atom. The predicted octanol–water partition coefficient (Wildman–Crippen LogP) is 2.90. The zero-order valence-corrected chi connectivity index (χ0v) is 12.5. The molecule has 0 radical (unpaired) electrons. The average molecular weight is 281 g/mol. The second-order valence-electron chi connectivity index (χ2n) is 5.74. The topological polar surface area (TPSA) is 57.2 Å². The van der Waals surface area contributed by atoms with Gasteiger partial charge in [0.1, 0.15) is 5.82 Å². The quantitative estimate of drug-likeness (QED) is 0.794. The molecule has 0 atom stereocenters. The van der Waals surface area contributed by atoms with E-state index in [0.717, 1.165) is 42.8 Å². The minimum absolute atomic E-state index is 0.472. The van der Waals surface area contributed by atoms with Crippen LogP contribution >= 0.6 is 0 Å². The molecule has 0 bridgehead atoms. The zero-order valence-electron chi connectivity index (χ0n) is 12.5. The van der Waals surface area contributed by atoms with Crippen molar-refractivity contribution in [3.8, 4) is 6.07 Å². The van der Waals surface area contributed by atoms with E-state index >= 15 is 0 Å². The lowest BCUT2D eigenvalue weighted by molar-refractivity contribution is 0.506. The number of anilines is 1. The van der Waals surface area contributed by atoms with Gasteiger partial charge in [0.15, 0.2) is 5.65 Å². The number of aromatic nitrogens is 3. The Morgan fingerprint density at radius 1 is 1.38 bits per heavy atom. The van der Waals surface area contributed by atoms with Gasteiger partial charge >= 0.3 is 0 Å². The highest BCUT2D eigenvalue weighted by Gasteiger charge is 2.21. The van der Waals surface area contributed by atoms with Gasteiger partial charge in [0, 0.05) is 43.9 Å². The summed E-state index contributed by atoms with van der Waals surface area (Å²) in [7, 11) is 4.05. The summed E-state index contributed by atoms with van der Waals surface area (Å²) >= 11 is 0. The Morgan fingerprint density at radius 2 is 2.14 bits per heavy atom. The lowest BCUT2D eigenvalue weighted by atomic mass is 9.83. The summed E-state index contributed by atoms with van der Waals surface area (Å²) in [6.07, 6.45) is 7.63. The van der Waals surface area contributed by atoms with Gasteiger partial charge < -0.3 is 4.90 Å². The van der Waals surface area contributed by atoms with Crippen molar-refractivity contribution in [2.24, 2.45) is 0 Å². The first-order valence-electron chi connectivity index (χ1n) is 7.28. The van der Waals surface area contributed by atoms with E-state index in [4.69, 9.17) is 10.2 Å². The van der Waals surface area contributed by atoms with E-state index in [9.17, 15) is 0 Å². The molecule has 1 saturated carbocycles. The van der Waals surface area contributed by atoms with Gasteiger partial charge in [-0.05, 0) is 25.7 Å². The number of nitriles is 1. The maximum absolute atomic E-state index is 8.74. The molecule has 21 heavy (non-hydrogen) atoms. The average Bonchev–Trinajstić information content (AvgIpc) is 2.95. The van der Waals surface area contributed by atoms with Crippen molar-refractivity contribution >= 4 is 11.5 Å². The van der Waals surface area contributed by atoms with Crippen LogP contribution in [0, 0.1) is 11.3 Å². The lowest BCUT2D eigenvalue weighted by Gasteiger charge is -2.24. The van der Waals surface area contributed by atoms with Gasteiger partial charge in [0.2, 0.25) is 0 Å². The molecule has 0 aliphatic heterocycles. The molecule has 1 fully saturated rings. The van der Waals surface area contributed by atoms with Crippen molar-refractivity contribution in [3.05, 3.63) is 35.7 Å². The van der Waals surface area contributed by atoms with E-state index in [1.54, 1.807) is 12.3 Å². The van der Waals surface area contributed by atoms with Gasteiger partial charge in [0.25, 0.3) is 0 Å². The van der Waals surface area contributed by atoms with Gasteiger partial charge in [-0.1, -0.05) is 5.57 Å². The maximum Gasteiger partial charge on any atom is 0.157 e. The molecule has 2 heterocycles. The summed E-state index contributed by atoms with van der Waals surface area (Å²) in [5.41, 5.74) is 3.31. The van der Waals surface area contributed by atoms with Crippen molar-refractivity contribution in [3.63, 3.8) is 0 Å². The molecule has 108 valence electrons. The molecule has 0 spiro atoms. The van der Waals surface area contributed by atoms with Crippen LogP contribution in [-0.4, -0.2) is 28.7 Å². The third kappa shape index (κ3) is 2.62. The first kappa shape index (κ1) is 13.6. The van der Waals surface area contributed by atoms with Crippen molar-refractivity contribution in [2.45, 2.75) is 31.6 Å². The van der Waals surface area contributed by atoms with Crippen molar-refractivity contribution in [1.82, 2.24) is 14.6 Å². The number of hydrogen-bond donors (Lipinski definition) is 0. The first-order valence-corrected chi connectivity index (χ1v) is 7.28. The molecular weight excluding hydrogens is 262 g/mol. The predicted molar refractivity (Wildman–Crippen MR) is 82.2 cm³/mol. The zero-order chi connectivity index (χ0) is 14.8. The van der Waals surface area contributed by atoms with Crippen LogP contribution in [0.4, 0.5) is 5.82 Å². The molecule has 1 aliphatic rings. The summed E-state index contributed by atoms with van der Waals surface area (Å²) in [4.78, 5) is 6.83. The van der Waals surface area contributed by atoms with Crippen LogP contribution in [0.5, 0.6) is 0 Å². The number of allylic oxidation sites excluding steroid dienone is 2. The molecule has 0 amide bonds. The molecule has 3 rings (SSSR count). The van der Waals surface area contributed by atoms with Crippen LogP contribution in [-0.2, 0) is 0 Å². The van der Waals surface area contributed by atoms with Gasteiger partial charge in [-0.15, -0.1) is 0 Å². The smallest absolute Gasteiger partial charge is 0.157 e. The summed E-state index contributed by atoms with van der Waals surface area (Å²) in [5.74, 6) is 1.53. The van der Waals surface area contributed by atoms with Crippen LogP contribution in [0.2, 0.25) is 0 Å². The number of rotatable bonds is 2. The standard InChI is InChI=1S/C16H19N5/c1-20(2)16-11-14(19-15-8-10-18-21(15)16)13-5-3-12(4-6-13)7-9-17/h7-8,10-11,13H,3-6H2,1-2H3. The number of hydrogen-bond acceptors (Lipinski definition) is 4. The van der Waals surface area contributed by atoms with E-state index in [-0.39, 0.29) is 0 Å². The Hall–Kier alpha value is -2.35. The highest BCUT2D eigenvalue weighted by atomic mass is 15.3. The third-order valence-electron chi connectivity index (χ3n) is 4.13. The van der Waals surface area contributed by atoms with Crippen LogP contribution in [0.1, 0.15) is 37.3 Å². The third-order valence-corrected chi connectivity index (χ3v) is 4.13. The highest BCUT2D eigenvalue weighted by molar-refractivity contribution is 5.50. The second kappa shape index (κ2) is 5.57. The van der Waals surface area contributed by atoms with Gasteiger partial charge in [-0.2, -0.15) is 14.9 Å². The summed E-state index contributed by atoms with van der Waals surface area (Å²) in [6.45, 7) is 0. The van der Waals surface area contributed by atoms with Crippen LogP contribution < -0.4 is 4.90 Å². The van der Waals surface area contributed by atoms with Gasteiger partial charge in [-0.25, -0.2) is 4.98 Å². The highest BCUT2D eigenvalue weighted by Crippen LogP contribution is 2.35. The molecule has 5 nitrogen and oxygen atoms in total. The monoisotopic (exact) mass is 281 g/mol. The van der Waals surface area contributed by atoms with Crippen LogP contribution in [0.15, 0.2) is 30.0 Å². The fraction of sp³-hybridized carbons (Fsp3) is 0.438. The Labute approximate surface area is 124 Å². The van der Waals surface area contributed by atoms with Gasteiger partial charge in [-0.3, -0.25) is 0 Å². The minimum atomic E-state index is 0.472. The normalized spacial score (nSPS) is 18.5. The lowest BCUT2D eigenvalue weighted by Crippen LogP contribution is -2.16. The van der Waals surface area contributed by atoms with Crippen LogP contribution in [0.25, 0.3) is 5.65 Å². The van der Waals surface area contributed by atoms with E-state index in [1.165, 1.54) is 5.57 Å².